The second-order valence-corrected chi connectivity index (χ2v) is 5.23. The molecule has 0 aromatic heterocycles. The highest BCUT2D eigenvalue weighted by atomic mass is 19.1. The van der Waals surface area contributed by atoms with E-state index in [1.165, 1.54) is 13.8 Å². The molecule has 122 valence electrons. The molecule has 0 spiro atoms. The molecular weight excluding hydrogens is 283 g/mol. The molecule has 5 atom stereocenters. The molecular formula is C14H23FO6. The van der Waals surface area contributed by atoms with Crippen molar-refractivity contribution in [2.24, 2.45) is 0 Å². The SMILES string of the molecule is CCC1OC(OC(C)C)C(F)C(OC(C)=O)C1OC(C)=O. The number of carbonyl (C=O) groups excluding carboxylic acids is 2. The zero-order valence-corrected chi connectivity index (χ0v) is 13.0. The molecule has 1 fully saturated rings. The van der Waals surface area contributed by atoms with Crippen molar-refractivity contribution in [3.8, 4) is 0 Å². The highest BCUT2D eigenvalue weighted by Crippen LogP contribution is 2.31. The number of alkyl halides is 1. The van der Waals surface area contributed by atoms with E-state index < -0.39 is 42.7 Å². The van der Waals surface area contributed by atoms with Crippen LogP contribution in [0.1, 0.15) is 41.0 Å². The summed E-state index contributed by atoms with van der Waals surface area (Å²) in [5.74, 6) is -1.24. The fourth-order valence-corrected chi connectivity index (χ4v) is 2.23. The average molecular weight is 306 g/mol. The van der Waals surface area contributed by atoms with E-state index >= 15 is 0 Å². The van der Waals surface area contributed by atoms with Crippen LogP contribution in [0.5, 0.6) is 0 Å². The van der Waals surface area contributed by atoms with Crippen LogP contribution in [0.15, 0.2) is 0 Å². The Kier molecular flexibility index (Phi) is 6.54. The molecule has 7 heteroatoms. The normalized spacial score (nSPS) is 32.8. The van der Waals surface area contributed by atoms with E-state index in [9.17, 15) is 14.0 Å². The predicted octanol–water partition coefficient (Wildman–Crippen LogP) is 1.75. The van der Waals surface area contributed by atoms with Crippen LogP contribution in [0, 0.1) is 0 Å². The summed E-state index contributed by atoms with van der Waals surface area (Å²) >= 11 is 0. The van der Waals surface area contributed by atoms with E-state index in [1.807, 2.05) is 0 Å². The predicted molar refractivity (Wildman–Crippen MR) is 71.2 cm³/mol. The Balaban J connectivity index is 2.98. The van der Waals surface area contributed by atoms with Crippen LogP contribution in [0.2, 0.25) is 0 Å². The van der Waals surface area contributed by atoms with Gasteiger partial charge in [0.05, 0.1) is 6.10 Å². The summed E-state index contributed by atoms with van der Waals surface area (Å²) in [6, 6.07) is 0. The molecule has 1 rings (SSSR count). The topological polar surface area (TPSA) is 71.1 Å². The number of esters is 2. The minimum Gasteiger partial charge on any atom is -0.456 e. The largest absolute Gasteiger partial charge is 0.456 e. The molecule has 0 amide bonds. The molecule has 6 nitrogen and oxygen atoms in total. The summed E-state index contributed by atoms with van der Waals surface area (Å²) in [7, 11) is 0. The van der Waals surface area contributed by atoms with Gasteiger partial charge in [0.15, 0.2) is 24.7 Å². The van der Waals surface area contributed by atoms with Gasteiger partial charge in [-0.1, -0.05) is 6.92 Å². The van der Waals surface area contributed by atoms with Crippen LogP contribution in [0.25, 0.3) is 0 Å². The fraction of sp³-hybridized carbons (Fsp3) is 0.857. The fourth-order valence-electron chi connectivity index (χ4n) is 2.23. The zero-order chi connectivity index (χ0) is 16.2. The maximum atomic E-state index is 14.5. The van der Waals surface area contributed by atoms with Crippen molar-refractivity contribution in [3.63, 3.8) is 0 Å². The molecule has 21 heavy (non-hydrogen) atoms. The molecule has 0 N–H and O–H groups in total. The minimum atomic E-state index is -1.73. The lowest BCUT2D eigenvalue weighted by Gasteiger charge is -2.42. The lowest BCUT2D eigenvalue weighted by molar-refractivity contribution is -0.295. The number of carbonyl (C=O) groups is 2. The van der Waals surface area contributed by atoms with Gasteiger partial charge in [0.2, 0.25) is 0 Å². The Labute approximate surface area is 123 Å². The molecule has 0 radical (unpaired) electrons. The van der Waals surface area contributed by atoms with E-state index in [1.54, 1.807) is 20.8 Å². The molecule has 1 aliphatic rings. The highest BCUT2D eigenvalue weighted by Gasteiger charge is 2.50. The summed E-state index contributed by atoms with van der Waals surface area (Å²) in [5, 5.41) is 0. The van der Waals surface area contributed by atoms with Crippen molar-refractivity contribution in [1.29, 1.82) is 0 Å². The van der Waals surface area contributed by atoms with E-state index in [-0.39, 0.29) is 6.10 Å². The van der Waals surface area contributed by atoms with Crippen LogP contribution in [0.3, 0.4) is 0 Å². The van der Waals surface area contributed by atoms with Crippen LogP contribution in [-0.4, -0.2) is 48.8 Å². The lowest BCUT2D eigenvalue weighted by Crippen LogP contribution is -2.59. The quantitative estimate of drug-likeness (QED) is 0.721. The van der Waals surface area contributed by atoms with Crippen molar-refractivity contribution in [1.82, 2.24) is 0 Å². The van der Waals surface area contributed by atoms with E-state index in [0.717, 1.165) is 0 Å². The van der Waals surface area contributed by atoms with Crippen LogP contribution < -0.4 is 0 Å². The Morgan fingerprint density at radius 2 is 1.67 bits per heavy atom. The zero-order valence-electron chi connectivity index (χ0n) is 13.0. The van der Waals surface area contributed by atoms with E-state index in [2.05, 4.69) is 0 Å². The van der Waals surface area contributed by atoms with Gasteiger partial charge < -0.3 is 18.9 Å². The molecule has 5 unspecified atom stereocenters. The monoisotopic (exact) mass is 306 g/mol. The summed E-state index contributed by atoms with van der Waals surface area (Å²) < 4.78 is 35.5. The van der Waals surface area contributed by atoms with Crippen LogP contribution in [-0.2, 0) is 28.5 Å². The van der Waals surface area contributed by atoms with Gasteiger partial charge in [-0.25, -0.2) is 4.39 Å². The second kappa shape index (κ2) is 7.70. The van der Waals surface area contributed by atoms with Crippen molar-refractivity contribution in [2.75, 3.05) is 0 Å². The Morgan fingerprint density at radius 3 is 2.10 bits per heavy atom. The standard InChI is InChI=1S/C14H23FO6/c1-6-10-12(19-8(4)16)13(20-9(5)17)11(15)14(21-10)18-7(2)3/h7,10-14H,6H2,1-5H3. The van der Waals surface area contributed by atoms with Gasteiger partial charge in [-0.3, -0.25) is 9.59 Å². The summed E-state index contributed by atoms with van der Waals surface area (Å²) in [6.45, 7) is 7.68. The van der Waals surface area contributed by atoms with Gasteiger partial charge in [-0.2, -0.15) is 0 Å². The lowest BCUT2D eigenvalue weighted by atomic mass is 9.97. The second-order valence-electron chi connectivity index (χ2n) is 5.23. The van der Waals surface area contributed by atoms with Gasteiger partial charge in [-0.15, -0.1) is 0 Å². The van der Waals surface area contributed by atoms with Crippen molar-refractivity contribution >= 4 is 11.9 Å². The first-order chi connectivity index (χ1) is 9.76. The molecule has 1 heterocycles. The Hall–Kier alpha value is -1.21. The minimum absolute atomic E-state index is 0.256. The van der Waals surface area contributed by atoms with E-state index in [4.69, 9.17) is 18.9 Å². The summed E-state index contributed by atoms with van der Waals surface area (Å²) in [4.78, 5) is 22.4. The van der Waals surface area contributed by atoms with Gasteiger partial charge in [0.1, 0.15) is 6.10 Å². The van der Waals surface area contributed by atoms with E-state index in [0.29, 0.717) is 6.42 Å². The van der Waals surface area contributed by atoms with Crippen molar-refractivity contribution in [2.45, 2.75) is 77.9 Å². The molecule has 0 aliphatic carbocycles. The number of halogens is 1. The first-order valence-corrected chi connectivity index (χ1v) is 7.05. The molecule has 0 saturated carbocycles. The third-order valence-electron chi connectivity index (χ3n) is 2.99. The molecule has 0 aromatic carbocycles. The van der Waals surface area contributed by atoms with Crippen molar-refractivity contribution in [3.05, 3.63) is 0 Å². The average Bonchev–Trinajstić information content (AvgIpc) is 2.35. The molecule has 0 aromatic rings. The Bertz CT molecular complexity index is 372. The highest BCUT2D eigenvalue weighted by molar-refractivity contribution is 5.67. The van der Waals surface area contributed by atoms with Gasteiger partial charge >= 0.3 is 11.9 Å². The third kappa shape index (κ3) is 4.93. The van der Waals surface area contributed by atoms with Gasteiger partial charge in [0, 0.05) is 13.8 Å². The van der Waals surface area contributed by atoms with Crippen LogP contribution in [0.4, 0.5) is 4.39 Å². The molecule has 0 bridgehead atoms. The Morgan fingerprint density at radius 1 is 1.14 bits per heavy atom. The smallest absolute Gasteiger partial charge is 0.303 e. The summed E-state index contributed by atoms with van der Waals surface area (Å²) in [6.07, 6.45) is -5.52. The first-order valence-electron chi connectivity index (χ1n) is 7.05. The van der Waals surface area contributed by atoms with Crippen LogP contribution >= 0.6 is 0 Å². The first kappa shape index (κ1) is 17.8. The molecule has 1 aliphatic heterocycles. The number of hydrogen-bond acceptors (Lipinski definition) is 6. The van der Waals surface area contributed by atoms with Gasteiger partial charge in [-0.05, 0) is 20.3 Å². The number of rotatable bonds is 5. The maximum absolute atomic E-state index is 14.5. The van der Waals surface area contributed by atoms with Gasteiger partial charge in [0.25, 0.3) is 0 Å². The number of ether oxygens (including phenoxy) is 4. The number of hydrogen-bond donors (Lipinski definition) is 0. The maximum Gasteiger partial charge on any atom is 0.303 e. The third-order valence-corrected chi connectivity index (χ3v) is 2.99. The molecule has 1 saturated heterocycles. The van der Waals surface area contributed by atoms with Crippen molar-refractivity contribution < 1.29 is 32.9 Å². The summed E-state index contributed by atoms with van der Waals surface area (Å²) in [5.41, 5.74) is 0.